The largest absolute Gasteiger partial charge is 0.455 e. The minimum atomic E-state index is -0.568. The summed E-state index contributed by atoms with van der Waals surface area (Å²) in [6.07, 6.45) is -0.0875. The fourth-order valence-corrected chi connectivity index (χ4v) is 4.44. The number of nitrogens with zero attached hydrogens (tertiary/aromatic N) is 2. The lowest BCUT2D eigenvalue weighted by Gasteiger charge is -2.24. The summed E-state index contributed by atoms with van der Waals surface area (Å²) in [5.41, 5.74) is 1.51. The fraction of sp³-hybridized carbons (Fsp3) is 0.250. The number of hydrogen-bond donors (Lipinski definition) is 0. The van der Waals surface area contributed by atoms with Gasteiger partial charge in [-0.05, 0) is 18.2 Å². The van der Waals surface area contributed by atoms with Crippen LogP contribution in [0.4, 0.5) is 4.39 Å². The highest BCUT2D eigenvalue weighted by Gasteiger charge is 2.32. The molecule has 3 aromatic rings. The molecule has 1 aromatic heterocycles. The molecule has 1 fully saturated rings. The number of rotatable bonds is 5. The van der Waals surface area contributed by atoms with Crippen LogP contribution in [0.1, 0.15) is 16.6 Å². The van der Waals surface area contributed by atoms with Crippen LogP contribution in [-0.2, 0) is 20.7 Å². The molecule has 8 heteroatoms. The van der Waals surface area contributed by atoms with E-state index in [9.17, 15) is 14.0 Å². The van der Waals surface area contributed by atoms with Crippen molar-refractivity contribution in [2.75, 3.05) is 18.9 Å². The molecule has 1 aliphatic heterocycles. The summed E-state index contributed by atoms with van der Waals surface area (Å²) >= 11 is 1.49. The van der Waals surface area contributed by atoms with Gasteiger partial charge in [0.05, 0.1) is 6.42 Å². The van der Waals surface area contributed by atoms with Gasteiger partial charge in [-0.15, -0.1) is 11.8 Å². The van der Waals surface area contributed by atoms with Gasteiger partial charge in [-0.25, -0.2) is 4.39 Å². The Hall–Kier alpha value is -2.87. The first-order chi connectivity index (χ1) is 13.6. The number of aromatic nitrogens is 1. The number of hydrogen-bond acceptors (Lipinski definition) is 6. The molecular weight excluding hydrogens is 383 g/mol. The van der Waals surface area contributed by atoms with Crippen LogP contribution in [0.2, 0.25) is 0 Å². The minimum Gasteiger partial charge on any atom is -0.455 e. The molecule has 1 aliphatic rings. The third kappa shape index (κ3) is 3.73. The summed E-state index contributed by atoms with van der Waals surface area (Å²) in [4.78, 5) is 26.2. The summed E-state index contributed by atoms with van der Waals surface area (Å²) in [7, 11) is 0. The van der Waals surface area contributed by atoms with E-state index in [2.05, 4.69) is 5.16 Å². The summed E-state index contributed by atoms with van der Waals surface area (Å²) < 4.78 is 24.4. The van der Waals surface area contributed by atoms with Gasteiger partial charge in [0.25, 0.3) is 5.91 Å². The van der Waals surface area contributed by atoms with Crippen LogP contribution in [0, 0.1) is 5.82 Å². The molecule has 0 unspecified atom stereocenters. The Morgan fingerprint density at radius 1 is 1.21 bits per heavy atom. The van der Waals surface area contributed by atoms with Gasteiger partial charge >= 0.3 is 5.97 Å². The second kappa shape index (κ2) is 8.02. The summed E-state index contributed by atoms with van der Waals surface area (Å²) in [5.74, 6) is -0.572. The van der Waals surface area contributed by atoms with E-state index in [0.29, 0.717) is 29.1 Å². The molecule has 6 nitrogen and oxygen atoms in total. The fourth-order valence-electron chi connectivity index (χ4n) is 3.14. The Morgan fingerprint density at radius 3 is 2.86 bits per heavy atom. The minimum absolute atomic E-state index is 0.0875. The van der Waals surface area contributed by atoms with Crippen molar-refractivity contribution in [3.63, 3.8) is 0 Å². The van der Waals surface area contributed by atoms with Crippen LogP contribution in [-0.4, -0.2) is 40.8 Å². The highest BCUT2D eigenvalue weighted by molar-refractivity contribution is 7.99. The summed E-state index contributed by atoms with van der Waals surface area (Å²) in [6, 6.07) is 13.6. The van der Waals surface area contributed by atoms with Crippen molar-refractivity contribution in [3.05, 3.63) is 65.6 Å². The molecule has 1 saturated heterocycles. The molecule has 1 atom stereocenters. The molecule has 0 N–H and O–H groups in total. The van der Waals surface area contributed by atoms with Crippen LogP contribution < -0.4 is 0 Å². The number of carbonyl (C=O) groups excluding carboxylic acids is 2. The van der Waals surface area contributed by atoms with Crippen molar-refractivity contribution in [1.82, 2.24) is 10.1 Å². The molecule has 0 radical (unpaired) electrons. The number of halogens is 1. The van der Waals surface area contributed by atoms with Gasteiger partial charge in [0.15, 0.2) is 12.2 Å². The highest BCUT2D eigenvalue weighted by Crippen LogP contribution is 2.38. The Morgan fingerprint density at radius 2 is 2.00 bits per heavy atom. The maximum Gasteiger partial charge on any atom is 0.312 e. The first-order valence-electron chi connectivity index (χ1n) is 8.78. The van der Waals surface area contributed by atoms with Crippen molar-refractivity contribution >= 4 is 34.6 Å². The van der Waals surface area contributed by atoms with E-state index in [1.807, 2.05) is 12.1 Å². The molecule has 2 aromatic carbocycles. The zero-order chi connectivity index (χ0) is 19.5. The Balaban J connectivity index is 1.37. The molecule has 0 aliphatic carbocycles. The van der Waals surface area contributed by atoms with E-state index in [1.165, 1.54) is 17.8 Å². The van der Waals surface area contributed by atoms with E-state index in [1.54, 1.807) is 35.2 Å². The average molecular weight is 400 g/mol. The molecular formula is C20H17FN2O4S. The van der Waals surface area contributed by atoms with E-state index in [0.717, 1.165) is 5.39 Å². The van der Waals surface area contributed by atoms with Gasteiger partial charge in [-0.2, -0.15) is 0 Å². The number of carbonyl (C=O) groups is 2. The molecule has 4 rings (SSSR count). The first kappa shape index (κ1) is 18.5. The average Bonchev–Trinajstić information content (AvgIpc) is 3.34. The number of thioether (sulfide) groups is 1. The lowest BCUT2D eigenvalue weighted by atomic mass is 10.2. The van der Waals surface area contributed by atoms with Gasteiger partial charge in [-0.3, -0.25) is 9.59 Å². The predicted molar refractivity (Wildman–Crippen MR) is 102 cm³/mol. The van der Waals surface area contributed by atoms with Crippen molar-refractivity contribution in [1.29, 1.82) is 0 Å². The third-order valence-corrected chi connectivity index (χ3v) is 5.75. The smallest absolute Gasteiger partial charge is 0.312 e. The molecule has 0 saturated carbocycles. The predicted octanol–water partition coefficient (Wildman–Crippen LogP) is 3.33. The van der Waals surface area contributed by atoms with Gasteiger partial charge < -0.3 is 14.2 Å². The molecule has 2 heterocycles. The number of benzene rings is 2. The number of ether oxygens (including phenoxy) is 1. The standard InChI is InChI=1S/C20H17FN2O4S/c21-15-7-3-1-5-13(15)20-23(9-10-28-20)18(24)12-26-19(25)11-16-14-6-2-4-8-17(14)27-22-16/h1-8,20H,9-12H2/t20-/m0/s1. The molecule has 1 amide bonds. The Kier molecular flexibility index (Phi) is 5.29. The van der Waals surface area contributed by atoms with Crippen molar-refractivity contribution in [2.45, 2.75) is 11.8 Å². The van der Waals surface area contributed by atoms with Crippen LogP contribution in [0.5, 0.6) is 0 Å². The molecule has 0 bridgehead atoms. The van der Waals surface area contributed by atoms with Gasteiger partial charge in [0.2, 0.25) is 0 Å². The topological polar surface area (TPSA) is 72.6 Å². The van der Waals surface area contributed by atoms with Gasteiger partial charge in [-0.1, -0.05) is 35.5 Å². The highest BCUT2D eigenvalue weighted by atomic mass is 32.2. The molecule has 28 heavy (non-hydrogen) atoms. The third-order valence-electron chi connectivity index (χ3n) is 4.50. The number of esters is 1. The number of amides is 1. The summed E-state index contributed by atoms with van der Waals surface area (Å²) in [5, 5.41) is 4.21. The zero-order valence-electron chi connectivity index (χ0n) is 14.8. The number of para-hydroxylation sites is 1. The van der Waals surface area contributed by atoms with Gasteiger partial charge in [0.1, 0.15) is 16.9 Å². The zero-order valence-corrected chi connectivity index (χ0v) is 15.7. The van der Waals surface area contributed by atoms with E-state index >= 15 is 0 Å². The van der Waals surface area contributed by atoms with Crippen LogP contribution >= 0.6 is 11.8 Å². The molecule has 0 spiro atoms. The van der Waals surface area contributed by atoms with Crippen molar-refractivity contribution in [2.24, 2.45) is 0 Å². The number of fused-ring (bicyclic) bond motifs is 1. The molecule has 144 valence electrons. The summed E-state index contributed by atoms with van der Waals surface area (Å²) in [6.45, 7) is 0.0914. The normalized spacial score (nSPS) is 16.5. The van der Waals surface area contributed by atoms with Crippen molar-refractivity contribution < 1.29 is 23.2 Å². The Labute approximate surface area is 164 Å². The van der Waals surface area contributed by atoms with Crippen LogP contribution in [0.25, 0.3) is 11.0 Å². The first-order valence-corrected chi connectivity index (χ1v) is 9.83. The second-order valence-corrected chi connectivity index (χ2v) is 7.48. The lowest BCUT2D eigenvalue weighted by molar-refractivity contribution is -0.151. The monoisotopic (exact) mass is 400 g/mol. The maximum absolute atomic E-state index is 14.1. The maximum atomic E-state index is 14.1. The van der Waals surface area contributed by atoms with E-state index in [-0.39, 0.29) is 24.8 Å². The van der Waals surface area contributed by atoms with E-state index in [4.69, 9.17) is 9.26 Å². The van der Waals surface area contributed by atoms with Crippen LogP contribution in [0.15, 0.2) is 53.1 Å². The van der Waals surface area contributed by atoms with Gasteiger partial charge in [0, 0.05) is 23.2 Å². The second-order valence-electron chi connectivity index (χ2n) is 6.29. The Bertz CT molecular complexity index is 1020. The van der Waals surface area contributed by atoms with E-state index < -0.39 is 11.3 Å². The quantitative estimate of drug-likeness (QED) is 0.612. The lowest BCUT2D eigenvalue weighted by Crippen LogP contribution is -2.34. The van der Waals surface area contributed by atoms with Crippen molar-refractivity contribution in [3.8, 4) is 0 Å². The SMILES string of the molecule is O=C(Cc1noc2ccccc12)OCC(=O)N1CCS[C@H]1c1ccccc1F. The van der Waals surface area contributed by atoms with Crippen LogP contribution in [0.3, 0.4) is 0 Å².